The quantitative estimate of drug-likeness (QED) is 0.342. The van der Waals surface area contributed by atoms with Crippen molar-refractivity contribution in [2.24, 2.45) is 11.1 Å². The maximum absolute atomic E-state index is 13.6. The van der Waals surface area contributed by atoms with E-state index >= 15 is 0 Å². The van der Waals surface area contributed by atoms with E-state index in [0.717, 1.165) is 5.56 Å². The maximum Gasteiger partial charge on any atom is 0.319 e. The van der Waals surface area contributed by atoms with E-state index in [-0.39, 0.29) is 24.7 Å². The first-order chi connectivity index (χ1) is 15.8. The van der Waals surface area contributed by atoms with Crippen LogP contribution in [0.5, 0.6) is 0 Å². The predicted octanol–water partition coefficient (Wildman–Crippen LogP) is 2.29. The highest BCUT2D eigenvalue weighted by atomic mass is 32.2. The van der Waals surface area contributed by atoms with Gasteiger partial charge in [0.25, 0.3) is 0 Å². The van der Waals surface area contributed by atoms with Gasteiger partial charge in [0.05, 0.1) is 11.5 Å². The van der Waals surface area contributed by atoms with Crippen LogP contribution < -0.4 is 5.14 Å². The molecule has 2 aromatic rings. The minimum Gasteiger partial charge on any atom is -0.461 e. The number of rotatable bonds is 9. The lowest BCUT2D eigenvalue weighted by Crippen LogP contribution is -2.46. The molecule has 0 aromatic heterocycles. The Morgan fingerprint density at radius 2 is 1.82 bits per heavy atom. The van der Waals surface area contributed by atoms with E-state index in [9.17, 15) is 18.0 Å². The van der Waals surface area contributed by atoms with Gasteiger partial charge in [-0.1, -0.05) is 61.2 Å². The van der Waals surface area contributed by atoms with Crippen molar-refractivity contribution in [3.05, 3.63) is 84.5 Å². The lowest BCUT2D eigenvalue weighted by Gasteiger charge is -2.36. The number of hydrogen-bond donors (Lipinski definition) is 1. The number of carbonyl (C=O) groups is 2. The third-order valence-corrected chi connectivity index (χ3v) is 6.23. The van der Waals surface area contributed by atoms with Gasteiger partial charge in [0.1, 0.15) is 12.5 Å². The van der Waals surface area contributed by atoms with Crippen LogP contribution in [-0.4, -0.2) is 52.1 Å². The number of methoxy groups -OCH3 is 1. The van der Waals surface area contributed by atoms with Crippen LogP contribution in [0.3, 0.4) is 0 Å². The number of hydrogen-bond acceptors (Lipinski definition) is 6. The normalized spacial score (nSPS) is 18.5. The fraction of sp³-hybridized carbons (Fsp3) is 0.250. The van der Waals surface area contributed by atoms with Crippen molar-refractivity contribution in [2.75, 3.05) is 26.9 Å². The molecule has 9 heteroatoms. The molecule has 0 spiro atoms. The number of sulfonamides is 1. The van der Waals surface area contributed by atoms with E-state index in [1.54, 1.807) is 12.1 Å². The second kappa shape index (κ2) is 10.6. The topological polar surface area (TPSA) is 116 Å². The van der Waals surface area contributed by atoms with Crippen molar-refractivity contribution in [2.45, 2.75) is 10.8 Å². The highest BCUT2D eigenvalue weighted by Crippen LogP contribution is 2.38. The van der Waals surface area contributed by atoms with Gasteiger partial charge in [0.2, 0.25) is 15.9 Å². The van der Waals surface area contributed by atoms with Crippen molar-refractivity contribution in [3.63, 3.8) is 0 Å². The molecule has 8 nitrogen and oxygen atoms in total. The summed E-state index contributed by atoms with van der Waals surface area (Å²) in [6.07, 6.45) is 3.28. The summed E-state index contributed by atoms with van der Waals surface area (Å²) in [7, 11) is -2.35. The van der Waals surface area contributed by atoms with E-state index in [1.165, 1.54) is 30.2 Å². The number of nitrogens with zero attached hydrogens (tertiary/aromatic N) is 1. The zero-order chi connectivity index (χ0) is 24.0. The van der Waals surface area contributed by atoms with Crippen LogP contribution in [0, 0.1) is 5.92 Å². The molecule has 1 aliphatic rings. The van der Waals surface area contributed by atoms with Crippen LogP contribution in [-0.2, 0) is 29.1 Å². The lowest BCUT2D eigenvalue weighted by molar-refractivity contribution is -0.155. The Labute approximate surface area is 193 Å². The van der Waals surface area contributed by atoms with E-state index in [4.69, 9.17) is 14.6 Å². The van der Waals surface area contributed by atoms with Gasteiger partial charge in [-0.15, -0.1) is 0 Å². The molecule has 3 rings (SSSR count). The largest absolute Gasteiger partial charge is 0.461 e. The van der Waals surface area contributed by atoms with Gasteiger partial charge in [0, 0.05) is 25.3 Å². The van der Waals surface area contributed by atoms with Crippen LogP contribution in [0.15, 0.2) is 78.2 Å². The molecule has 0 saturated heterocycles. The van der Waals surface area contributed by atoms with Gasteiger partial charge in [-0.3, -0.25) is 9.59 Å². The Bertz CT molecular complexity index is 1140. The Balaban J connectivity index is 2.13. The maximum atomic E-state index is 13.6. The number of nitrogens with two attached hydrogens (primary N) is 1. The summed E-state index contributed by atoms with van der Waals surface area (Å²) in [5.41, 5.74) is 1.92. The molecule has 1 aliphatic heterocycles. The summed E-state index contributed by atoms with van der Waals surface area (Å²) in [5.74, 6) is -2.74. The molecule has 174 valence electrons. The Hall–Kier alpha value is -3.27. The molecule has 0 aliphatic carbocycles. The van der Waals surface area contributed by atoms with Crippen molar-refractivity contribution < 1.29 is 27.5 Å². The van der Waals surface area contributed by atoms with Crippen LogP contribution >= 0.6 is 0 Å². The number of amides is 1. The van der Waals surface area contributed by atoms with Crippen LogP contribution in [0.2, 0.25) is 0 Å². The van der Waals surface area contributed by atoms with Gasteiger partial charge >= 0.3 is 5.97 Å². The van der Waals surface area contributed by atoms with Crippen LogP contribution in [0.1, 0.15) is 17.0 Å². The van der Waals surface area contributed by atoms with Crippen molar-refractivity contribution in [1.29, 1.82) is 0 Å². The molecule has 2 N–H and O–H groups in total. The highest BCUT2D eigenvalue weighted by molar-refractivity contribution is 7.89. The molecule has 0 radical (unpaired) electrons. The van der Waals surface area contributed by atoms with Crippen LogP contribution in [0.25, 0.3) is 5.70 Å². The standard InChI is InChI=1S/C24H26N2O6S/c1-3-14-32-24(28)22-20(17-7-5-4-6-8-17)16-21(26(23(22)27)13-15-31-2)18-9-11-19(12-10-18)33(25,29)30/h3-12,16,20,22H,1,13-15H2,2H3,(H2,25,29,30). The predicted molar refractivity (Wildman–Crippen MR) is 123 cm³/mol. The summed E-state index contributed by atoms with van der Waals surface area (Å²) in [5, 5.41) is 5.21. The molecule has 2 unspecified atom stereocenters. The number of ether oxygens (including phenoxy) is 2. The molecule has 33 heavy (non-hydrogen) atoms. The van der Waals surface area contributed by atoms with Crippen molar-refractivity contribution >= 4 is 27.6 Å². The van der Waals surface area contributed by atoms with E-state index < -0.39 is 33.7 Å². The number of esters is 1. The lowest BCUT2D eigenvalue weighted by atomic mass is 9.80. The zero-order valence-corrected chi connectivity index (χ0v) is 19.0. The second-order valence-electron chi connectivity index (χ2n) is 7.44. The fourth-order valence-corrected chi connectivity index (χ4v) is 4.23. The smallest absolute Gasteiger partial charge is 0.319 e. The minimum absolute atomic E-state index is 0.00616. The Morgan fingerprint density at radius 1 is 1.15 bits per heavy atom. The summed E-state index contributed by atoms with van der Waals surface area (Å²) < 4.78 is 33.7. The third-order valence-electron chi connectivity index (χ3n) is 5.30. The first-order valence-corrected chi connectivity index (χ1v) is 11.8. The fourth-order valence-electron chi connectivity index (χ4n) is 3.72. The minimum atomic E-state index is -3.86. The molecule has 2 aromatic carbocycles. The van der Waals surface area contributed by atoms with Gasteiger partial charge in [-0.25, -0.2) is 13.6 Å². The van der Waals surface area contributed by atoms with Gasteiger partial charge in [-0.2, -0.15) is 0 Å². The van der Waals surface area contributed by atoms with Crippen LogP contribution in [0.4, 0.5) is 0 Å². The molecular weight excluding hydrogens is 444 g/mol. The molecule has 0 bridgehead atoms. The van der Waals surface area contributed by atoms with Gasteiger partial charge in [-0.05, 0) is 23.3 Å². The van der Waals surface area contributed by atoms with Crippen molar-refractivity contribution in [3.8, 4) is 0 Å². The Morgan fingerprint density at radius 3 is 2.39 bits per heavy atom. The summed E-state index contributed by atoms with van der Waals surface area (Å²) >= 11 is 0. The molecule has 0 saturated carbocycles. The second-order valence-corrected chi connectivity index (χ2v) is 9.00. The van der Waals surface area contributed by atoms with E-state index in [1.807, 2.05) is 36.4 Å². The molecule has 0 fully saturated rings. The van der Waals surface area contributed by atoms with Crippen molar-refractivity contribution in [1.82, 2.24) is 4.90 Å². The molecule has 1 heterocycles. The van der Waals surface area contributed by atoms with E-state index in [2.05, 4.69) is 6.58 Å². The number of allylic oxidation sites excluding steroid dienone is 1. The summed E-state index contributed by atoms with van der Waals surface area (Å²) in [6.45, 7) is 3.98. The SMILES string of the molecule is C=CCOC(=O)C1C(=O)N(CCOC)C(c2ccc(S(N)(=O)=O)cc2)=CC1c1ccccc1. The molecular formula is C24H26N2O6S. The monoisotopic (exact) mass is 470 g/mol. The number of primary sulfonamides is 1. The average Bonchev–Trinajstić information content (AvgIpc) is 2.81. The van der Waals surface area contributed by atoms with Gasteiger partial charge in [0.15, 0.2) is 0 Å². The van der Waals surface area contributed by atoms with E-state index in [0.29, 0.717) is 11.3 Å². The number of carbonyl (C=O) groups excluding carboxylic acids is 2. The summed E-state index contributed by atoms with van der Waals surface area (Å²) in [6, 6.07) is 15.1. The highest BCUT2D eigenvalue weighted by Gasteiger charge is 2.43. The first-order valence-electron chi connectivity index (χ1n) is 10.3. The molecule has 2 atom stereocenters. The third kappa shape index (κ3) is 5.57. The average molecular weight is 471 g/mol. The van der Waals surface area contributed by atoms with Gasteiger partial charge < -0.3 is 14.4 Å². The number of benzene rings is 2. The first kappa shape index (κ1) is 24.4. The Kier molecular flexibility index (Phi) is 7.80. The molecule has 1 amide bonds. The zero-order valence-electron chi connectivity index (χ0n) is 18.2. The summed E-state index contributed by atoms with van der Waals surface area (Å²) in [4.78, 5) is 28.0.